The number of benzene rings is 2. The second-order valence-corrected chi connectivity index (χ2v) is 8.59. The average Bonchev–Trinajstić information content (AvgIpc) is 3.50. The van der Waals surface area contributed by atoms with Gasteiger partial charge in [-0.2, -0.15) is 0 Å². The first kappa shape index (κ1) is 25.1. The van der Waals surface area contributed by atoms with Crippen LogP contribution in [0.1, 0.15) is 56.0 Å². The van der Waals surface area contributed by atoms with E-state index in [9.17, 15) is 14.7 Å². The Hall–Kier alpha value is -4.00. The number of furan rings is 1. The third kappa shape index (κ3) is 5.46. The summed E-state index contributed by atoms with van der Waals surface area (Å²) in [5.41, 5.74) is 1.15. The molecule has 1 amide bonds. The zero-order valence-electron chi connectivity index (χ0n) is 20.6. The van der Waals surface area contributed by atoms with E-state index >= 15 is 0 Å². The van der Waals surface area contributed by atoms with E-state index in [-0.39, 0.29) is 17.9 Å². The molecular formula is C29H31NO6. The predicted molar refractivity (Wildman–Crippen MR) is 136 cm³/mol. The SMILES string of the molecule is CCCCCOc1ccc(/C(O)=C2/C(=O)C(=O)N(Cc3ccco3)C2c2ccc(OCC)cc2)cc1. The van der Waals surface area contributed by atoms with Gasteiger partial charge in [0, 0.05) is 5.56 Å². The van der Waals surface area contributed by atoms with Crippen molar-refractivity contribution in [2.45, 2.75) is 45.7 Å². The summed E-state index contributed by atoms with van der Waals surface area (Å²) in [4.78, 5) is 27.7. The first-order valence-corrected chi connectivity index (χ1v) is 12.3. The summed E-state index contributed by atoms with van der Waals surface area (Å²) in [7, 11) is 0. The maximum atomic E-state index is 13.2. The fourth-order valence-electron chi connectivity index (χ4n) is 4.28. The molecular weight excluding hydrogens is 458 g/mol. The largest absolute Gasteiger partial charge is 0.507 e. The smallest absolute Gasteiger partial charge is 0.296 e. The van der Waals surface area contributed by atoms with Crippen LogP contribution in [0.25, 0.3) is 5.76 Å². The van der Waals surface area contributed by atoms with Gasteiger partial charge >= 0.3 is 0 Å². The Morgan fingerprint density at radius 2 is 1.64 bits per heavy atom. The highest BCUT2D eigenvalue weighted by atomic mass is 16.5. The third-order valence-corrected chi connectivity index (χ3v) is 6.10. The molecule has 3 aromatic rings. The van der Waals surface area contributed by atoms with Crippen molar-refractivity contribution in [2.75, 3.05) is 13.2 Å². The van der Waals surface area contributed by atoms with Crippen molar-refractivity contribution in [3.05, 3.63) is 89.4 Å². The van der Waals surface area contributed by atoms with Gasteiger partial charge in [-0.05, 0) is 67.4 Å². The normalized spacial score (nSPS) is 16.9. The zero-order valence-corrected chi connectivity index (χ0v) is 20.6. The lowest BCUT2D eigenvalue weighted by Crippen LogP contribution is -2.29. The molecule has 1 aliphatic rings. The van der Waals surface area contributed by atoms with Crippen molar-refractivity contribution < 1.29 is 28.6 Å². The number of ketones is 1. The monoisotopic (exact) mass is 489 g/mol. The van der Waals surface area contributed by atoms with Gasteiger partial charge in [-0.15, -0.1) is 0 Å². The Morgan fingerprint density at radius 1 is 0.944 bits per heavy atom. The van der Waals surface area contributed by atoms with Gasteiger partial charge in [-0.3, -0.25) is 9.59 Å². The molecule has 0 saturated carbocycles. The first-order chi connectivity index (χ1) is 17.5. The molecule has 4 rings (SSSR count). The number of likely N-dealkylation sites (tertiary alicyclic amines) is 1. The molecule has 2 aromatic carbocycles. The fourth-order valence-corrected chi connectivity index (χ4v) is 4.28. The van der Waals surface area contributed by atoms with Crippen LogP contribution in [0.5, 0.6) is 11.5 Å². The van der Waals surface area contributed by atoms with Gasteiger partial charge < -0.3 is 23.9 Å². The van der Waals surface area contributed by atoms with E-state index in [1.54, 1.807) is 60.7 Å². The minimum atomic E-state index is -0.782. The van der Waals surface area contributed by atoms with Gasteiger partial charge in [0.25, 0.3) is 11.7 Å². The molecule has 0 radical (unpaired) electrons. The Morgan fingerprint density at radius 3 is 2.28 bits per heavy atom. The molecule has 0 aliphatic carbocycles. The highest BCUT2D eigenvalue weighted by molar-refractivity contribution is 6.46. The lowest BCUT2D eigenvalue weighted by Gasteiger charge is -2.24. The quantitative estimate of drug-likeness (QED) is 0.157. The van der Waals surface area contributed by atoms with Gasteiger partial charge in [-0.25, -0.2) is 0 Å². The Labute approximate surface area is 210 Å². The number of carbonyl (C=O) groups is 2. The molecule has 1 aliphatic heterocycles. The van der Waals surface area contributed by atoms with E-state index in [1.807, 2.05) is 6.92 Å². The van der Waals surface area contributed by atoms with Crippen molar-refractivity contribution >= 4 is 17.4 Å². The summed E-state index contributed by atoms with van der Waals surface area (Å²) in [6.07, 6.45) is 4.70. The zero-order chi connectivity index (χ0) is 25.5. The lowest BCUT2D eigenvalue weighted by molar-refractivity contribution is -0.140. The summed E-state index contributed by atoms with van der Waals surface area (Å²) >= 11 is 0. The summed E-state index contributed by atoms with van der Waals surface area (Å²) < 4.78 is 16.7. The molecule has 7 nitrogen and oxygen atoms in total. The van der Waals surface area contributed by atoms with Gasteiger partial charge in [-0.1, -0.05) is 31.9 Å². The van der Waals surface area contributed by atoms with Gasteiger partial charge in [0.05, 0.1) is 37.6 Å². The molecule has 1 saturated heterocycles. The van der Waals surface area contributed by atoms with Crippen LogP contribution in [0.3, 0.4) is 0 Å². The van der Waals surface area contributed by atoms with Crippen LogP contribution in [0.2, 0.25) is 0 Å². The van der Waals surface area contributed by atoms with Crippen molar-refractivity contribution in [2.24, 2.45) is 0 Å². The summed E-state index contributed by atoms with van der Waals surface area (Å²) in [6.45, 7) is 5.27. The number of nitrogens with zero attached hydrogens (tertiary/aromatic N) is 1. The van der Waals surface area contributed by atoms with Crippen LogP contribution in [0, 0.1) is 0 Å². The number of hydrogen-bond donors (Lipinski definition) is 1. The Kier molecular flexibility index (Phi) is 8.10. The summed E-state index contributed by atoms with van der Waals surface area (Å²) in [5.74, 6) is 0.243. The highest BCUT2D eigenvalue weighted by Gasteiger charge is 2.46. The Bertz CT molecular complexity index is 1200. The number of aliphatic hydroxyl groups is 1. The summed E-state index contributed by atoms with van der Waals surface area (Å²) in [5, 5.41) is 11.3. The van der Waals surface area contributed by atoms with Gasteiger partial charge in [0.1, 0.15) is 23.0 Å². The number of Topliss-reactive ketones (excluding diaryl/α,β-unsaturated/α-hetero) is 1. The first-order valence-electron chi connectivity index (χ1n) is 12.3. The molecule has 1 unspecified atom stereocenters. The van der Waals surface area contributed by atoms with Crippen LogP contribution in [0.4, 0.5) is 0 Å². The molecule has 1 atom stereocenters. The third-order valence-electron chi connectivity index (χ3n) is 6.10. The van der Waals surface area contributed by atoms with Crippen molar-refractivity contribution in [1.82, 2.24) is 4.90 Å². The van der Waals surface area contributed by atoms with E-state index < -0.39 is 17.7 Å². The minimum absolute atomic E-state index is 0.0346. The topological polar surface area (TPSA) is 89.2 Å². The van der Waals surface area contributed by atoms with Gasteiger partial charge in [0.2, 0.25) is 0 Å². The number of carbonyl (C=O) groups excluding carboxylic acids is 2. The number of aliphatic hydroxyl groups excluding tert-OH is 1. The molecule has 7 heteroatoms. The minimum Gasteiger partial charge on any atom is -0.507 e. The number of ether oxygens (including phenoxy) is 2. The predicted octanol–water partition coefficient (Wildman–Crippen LogP) is 5.87. The molecule has 0 spiro atoms. The van der Waals surface area contributed by atoms with Crippen LogP contribution in [0.15, 0.2) is 76.9 Å². The molecule has 188 valence electrons. The fraction of sp³-hybridized carbons (Fsp3) is 0.310. The lowest BCUT2D eigenvalue weighted by atomic mass is 9.95. The van der Waals surface area contributed by atoms with E-state index in [4.69, 9.17) is 13.9 Å². The van der Waals surface area contributed by atoms with E-state index in [1.165, 1.54) is 11.2 Å². The summed E-state index contributed by atoms with van der Waals surface area (Å²) in [6, 6.07) is 16.8. The van der Waals surface area contributed by atoms with E-state index in [2.05, 4.69) is 6.92 Å². The molecule has 1 fully saturated rings. The molecule has 2 heterocycles. The van der Waals surface area contributed by atoms with Crippen molar-refractivity contribution in [3.63, 3.8) is 0 Å². The number of hydrogen-bond acceptors (Lipinski definition) is 6. The number of rotatable bonds is 11. The average molecular weight is 490 g/mol. The number of unbranched alkanes of at least 4 members (excludes halogenated alkanes) is 2. The van der Waals surface area contributed by atoms with Crippen LogP contribution in [-0.4, -0.2) is 34.9 Å². The van der Waals surface area contributed by atoms with Gasteiger partial charge in [0.15, 0.2) is 0 Å². The van der Waals surface area contributed by atoms with Crippen LogP contribution < -0.4 is 9.47 Å². The van der Waals surface area contributed by atoms with Crippen LogP contribution in [-0.2, 0) is 16.1 Å². The maximum absolute atomic E-state index is 13.2. The van der Waals surface area contributed by atoms with E-state index in [0.29, 0.717) is 41.6 Å². The highest BCUT2D eigenvalue weighted by Crippen LogP contribution is 2.40. The second-order valence-electron chi connectivity index (χ2n) is 8.59. The molecule has 1 aromatic heterocycles. The number of amides is 1. The van der Waals surface area contributed by atoms with E-state index in [0.717, 1.165) is 19.3 Å². The maximum Gasteiger partial charge on any atom is 0.296 e. The van der Waals surface area contributed by atoms with Crippen molar-refractivity contribution in [1.29, 1.82) is 0 Å². The van der Waals surface area contributed by atoms with Crippen molar-refractivity contribution in [3.8, 4) is 11.5 Å². The standard InChI is InChI=1S/C29H31NO6/c1-3-5-6-17-35-23-15-11-21(12-16-23)27(31)25-26(20-9-13-22(14-10-20)34-4-2)30(29(33)28(25)32)19-24-8-7-18-36-24/h7-16,18,26,31H,3-6,17,19H2,1-2H3/b27-25-. The molecule has 36 heavy (non-hydrogen) atoms. The molecule has 0 bridgehead atoms. The molecule has 1 N–H and O–H groups in total. The van der Waals surface area contributed by atoms with Crippen LogP contribution >= 0.6 is 0 Å². The second kappa shape index (κ2) is 11.6. The Balaban J connectivity index is 1.69.